The van der Waals surface area contributed by atoms with Crippen LogP contribution >= 0.6 is 0 Å². The second kappa shape index (κ2) is 7.64. The van der Waals surface area contributed by atoms with Crippen molar-refractivity contribution in [2.24, 2.45) is 5.92 Å². The van der Waals surface area contributed by atoms with Crippen molar-refractivity contribution < 1.29 is 0 Å². The molecule has 1 aliphatic rings. The van der Waals surface area contributed by atoms with Gasteiger partial charge in [0.15, 0.2) is 0 Å². The Morgan fingerprint density at radius 1 is 0.714 bits per heavy atom. The second-order valence-electron chi connectivity index (χ2n) is 8.18. The molecular weight excluding hydrogens is 336 g/mol. The van der Waals surface area contributed by atoms with Crippen molar-refractivity contribution in [1.29, 1.82) is 0 Å². The summed E-state index contributed by atoms with van der Waals surface area (Å²) in [7, 11) is 0. The lowest BCUT2D eigenvalue weighted by molar-refractivity contribution is 0.743. The lowest BCUT2D eigenvalue weighted by Gasteiger charge is -2.21. The Hall–Kier alpha value is -2.86. The smallest absolute Gasteiger partial charge is 0.0178 e. The molecule has 0 bridgehead atoms. The molecule has 1 atom stereocenters. The van der Waals surface area contributed by atoms with Gasteiger partial charge >= 0.3 is 0 Å². The van der Waals surface area contributed by atoms with Crippen LogP contribution in [0, 0.1) is 19.8 Å². The minimum absolute atomic E-state index is 0.603. The first-order chi connectivity index (χ1) is 13.5. The Balaban J connectivity index is 1.76. The Kier molecular flexibility index (Phi) is 5.05. The molecule has 3 aromatic carbocycles. The van der Waals surface area contributed by atoms with Crippen molar-refractivity contribution in [3.63, 3.8) is 0 Å². The summed E-state index contributed by atoms with van der Waals surface area (Å²) in [5.41, 5.74) is 12.0. The van der Waals surface area contributed by atoms with Crippen molar-refractivity contribution in [3.8, 4) is 22.3 Å². The average Bonchev–Trinajstić information content (AvgIpc) is 2.71. The van der Waals surface area contributed by atoms with E-state index in [0.29, 0.717) is 5.92 Å². The molecule has 0 fully saturated rings. The minimum atomic E-state index is 0.603. The van der Waals surface area contributed by atoms with Crippen molar-refractivity contribution in [2.75, 3.05) is 0 Å². The van der Waals surface area contributed by atoms with E-state index in [-0.39, 0.29) is 0 Å². The zero-order chi connectivity index (χ0) is 19.7. The Bertz CT molecular complexity index is 1060. The fourth-order valence-corrected chi connectivity index (χ4v) is 4.03. The highest BCUT2D eigenvalue weighted by Crippen LogP contribution is 2.36. The van der Waals surface area contributed by atoms with Crippen LogP contribution in [-0.2, 0) is 0 Å². The van der Waals surface area contributed by atoms with Gasteiger partial charge in [0.05, 0.1) is 0 Å². The van der Waals surface area contributed by atoms with E-state index in [1.54, 1.807) is 0 Å². The van der Waals surface area contributed by atoms with Gasteiger partial charge in [-0.15, -0.1) is 0 Å². The summed E-state index contributed by atoms with van der Waals surface area (Å²) in [6.07, 6.45) is 5.73. The monoisotopic (exact) mass is 364 g/mol. The highest BCUT2D eigenvalue weighted by molar-refractivity contribution is 5.80. The van der Waals surface area contributed by atoms with Crippen LogP contribution in [0.2, 0.25) is 0 Å². The molecule has 0 nitrogen and oxygen atoms in total. The van der Waals surface area contributed by atoms with Gasteiger partial charge in [-0.2, -0.15) is 0 Å². The van der Waals surface area contributed by atoms with E-state index in [2.05, 4.69) is 107 Å². The molecule has 0 heterocycles. The first kappa shape index (κ1) is 18.5. The maximum Gasteiger partial charge on any atom is -0.0178 e. The third kappa shape index (κ3) is 3.73. The molecule has 0 amide bonds. The number of aryl methyl sites for hydroxylation is 2. The summed E-state index contributed by atoms with van der Waals surface area (Å²) in [4.78, 5) is 0. The number of rotatable bonds is 3. The average molecular weight is 365 g/mol. The van der Waals surface area contributed by atoms with Crippen LogP contribution in [0.25, 0.3) is 27.8 Å². The standard InChI is InChI=1S/C28H28/c1-19-9-13-23(14-10-19)24-6-5-7-25(17-24)26-15-12-22(4)28(18-26)27-16-20(2)8-11-21(27)3/h5-15,17-18,20H,16H2,1-4H3. The normalized spacial score (nSPS) is 16.5. The highest BCUT2D eigenvalue weighted by Gasteiger charge is 2.15. The number of allylic oxidation sites excluding steroid dienone is 4. The van der Waals surface area contributed by atoms with Crippen molar-refractivity contribution in [1.82, 2.24) is 0 Å². The summed E-state index contributed by atoms with van der Waals surface area (Å²) in [5.74, 6) is 0.603. The van der Waals surface area contributed by atoms with E-state index in [4.69, 9.17) is 0 Å². The summed E-state index contributed by atoms with van der Waals surface area (Å²) >= 11 is 0. The molecule has 0 spiro atoms. The second-order valence-corrected chi connectivity index (χ2v) is 8.18. The van der Waals surface area contributed by atoms with E-state index < -0.39 is 0 Å². The first-order valence-corrected chi connectivity index (χ1v) is 10.2. The first-order valence-electron chi connectivity index (χ1n) is 10.2. The van der Waals surface area contributed by atoms with Crippen LogP contribution in [0.5, 0.6) is 0 Å². The van der Waals surface area contributed by atoms with Gasteiger partial charge in [0.2, 0.25) is 0 Å². The third-order valence-corrected chi connectivity index (χ3v) is 5.82. The van der Waals surface area contributed by atoms with Gasteiger partial charge < -0.3 is 0 Å². The molecule has 4 rings (SSSR count). The van der Waals surface area contributed by atoms with Gasteiger partial charge in [-0.05, 0) is 89.8 Å². The van der Waals surface area contributed by atoms with E-state index in [0.717, 1.165) is 6.42 Å². The van der Waals surface area contributed by atoms with Gasteiger partial charge in [0.25, 0.3) is 0 Å². The van der Waals surface area contributed by atoms with E-state index >= 15 is 0 Å². The van der Waals surface area contributed by atoms with Crippen LogP contribution < -0.4 is 0 Å². The summed E-state index contributed by atoms with van der Waals surface area (Å²) in [5, 5.41) is 0. The summed E-state index contributed by atoms with van der Waals surface area (Å²) in [6, 6.07) is 24.6. The molecule has 0 saturated heterocycles. The molecular formula is C28H28. The van der Waals surface area contributed by atoms with Crippen molar-refractivity contribution in [2.45, 2.75) is 34.1 Å². The van der Waals surface area contributed by atoms with Crippen LogP contribution in [0.3, 0.4) is 0 Å². The fourth-order valence-electron chi connectivity index (χ4n) is 4.03. The largest absolute Gasteiger partial charge is 0.0811 e. The molecule has 0 heteroatoms. The molecule has 0 radical (unpaired) electrons. The zero-order valence-electron chi connectivity index (χ0n) is 17.3. The topological polar surface area (TPSA) is 0 Å². The van der Waals surface area contributed by atoms with Crippen LogP contribution in [0.1, 0.15) is 37.0 Å². The SMILES string of the molecule is CC1=C(c2cc(-c3cccc(-c4ccc(C)cc4)c3)ccc2C)CC(C)C=C1. The van der Waals surface area contributed by atoms with Gasteiger partial charge in [-0.3, -0.25) is 0 Å². The van der Waals surface area contributed by atoms with Crippen LogP contribution in [0.15, 0.2) is 84.5 Å². The minimum Gasteiger partial charge on any atom is -0.0811 e. The predicted molar refractivity (Wildman–Crippen MR) is 122 cm³/mol. The van der Waals surface area contributed by atoms with Gasteiger partial charge in [-0.25, -0.2) is 0 Å². The number of hydrogen-bond donors (Lipinski definition) is 0. The molecule has 28 heavy (non-hydrogen) atoms. The van der Waals surface area contributed by atoms with E-state index in [1.807, 2.05) is 0 Å². The third-order valence-electron chi connectivity index (χ3n) is 5.82. The van der Waals surface area contributed by atoms with Crippen LogP contribution in [0.4, 0.5) is 0 Å². The molecule has 1 unspecified atom stereocenters. The fraction of sp³-hybridized carbons (Fsp3) is 0.214. The Morgan fingerprint density at radius 3 is 2.11 bits per heavy atom. The Morgan fingerprint density at radius 2 is 1.36 bits per heavy atom. The maximum atomic E-state index is 2.38. The lowest BCUT2D eigenvalue weighted by Crippen LogP contribution is -2.02. The highest BCUT2D eigenvalue weighted by atomic mass is 14.2. The molecule has 3 aromatic rings. The number of hydrogen-bond acceptors (Lipinski definition) is 0. The van der Waals surface area contributed by atoms with Crippen molar-refractivity contribution in [3.05, 3.63) is 101 Å². The zero-order valence-corrected chi connectivity index (χ0v) is 17.3. The lowest BCUT2D eigenvalue weighted by atomic mass is 9.84. The summed E-state index contributed by atoms with van der Waals surface area (Å²) in [6.45, 7) is 8.89. The van der Waals surface area contributed by atoms with Crippen LogP contribution in [-0.4, -0.2) is 0 Å². The Labute approximate surface area is 169 Å². The van der Waals surface area contributed by atoms with E-state index in [9.17, 15) is 0 Å². The van der Waals surface area contributed by atoms with Gasteiger partial charge in [0, 0.05) is 0 Å². The van der Waals surface area contributed by atoms with Gasteiger partial charge in [-0.1, -0.05) is 79.2 Å². The molecule has 0 aliphatic heterocycles. The maximum absolute atomic E-state index is 2.38. The molecule has 0 N–H and O–H groups in total. The van der Waals surface area contributed by atoms with Crippen molar-refractivity contribution >= 4 is 5.57 Å². The molecule has 140 valence electrons. The summed E-state index contributed by atoms with van der Waals surface area (Å²) < 4.78 is 0. The molecule has 0 saturated carbocycles. The molecule has 1 aliphatic carbocycles. The quantitative estimate of drug-likeness (QED) is 0.441. The predicted octanol–water partition coefficient (Wildman–Crippen LogP) is 8.01. The molecule has 0 aromatic heterocycles. The van der Waals surface area contributed by atoms with Gasteiger partial charge in [0.1, 0.15) is 0 Å². The number of benzene rings is 3. The van der Waals surface area contributed by atoms with E-state index in [1.165, 1.54) is 50.1 Å².